The Balaban J connectivity index is 1.61. The number of esters is 1. The summed E-state index contributed by atoms with van der Waals surface area (Å²) in [5.74, 6) is 1.34. The molecule has 1 aliphatic heterocycles. The van der Waals surface area contributed by atoms with Crippen molar-refractivity contribution in [2.45, 2.75) is 20.8 Å². The Bertz CT molecular complexity index is 1110. The zero-order valence-electron chi connectivity index (χ0n) is 17.1. The lowest BCUT2D eigenvalue weighted by molar-refractivity contribution is -0.142. The lowest BCUT2D eigenvalue weighted by Gasteiger charge is -2.16. The monoisotopic (exact) mass is 402 g/mol. The Kier molecular flexibility index (Phi) is 5.04. The van der Waals surface area contributed by atoms with Crippen molar-refractivity contribution in [2.24, 2.45) is 5.41 Å². The average molecular weight is 402 g/mol. The number of rotatable bonds is 4. The first-order valence-electron chi connectivity index (χ1n) is 9.69. The molecule has 0 aliphatic carbocycles. The number of hydrogen-bond acceptors (Lipinski definition) is 5. The summed E-state index contributed by atoms with van der Waals surface area (Å²) >= 11 is 0. The van der Waals surface area contributed by atoms with E-state index < -0.39 is 5.41 Å². The first kappa shape index (κ1) is 19.7. The Labute approximate surface area is 175 Å². The highest BCUT2D eigenvalue weighted by Gasteiger charge is 2.24. The van der Waals surface area contributed by atoms with E-state index in [1.807, 2.05) is 36.4 Å². The zero-order chi connectivity index (χ0) is 21.3. The molecule has 0 unspecified atom stereocenters. The van der Waals surface area contributed by atoms with Gasteiger partial charge in [-0.3, -0.25) is 9.59 Å². The molecule has 4 rings (SSSR count). The first-order chi connectivity index (χ1) is 14.3. The summed E-state index contributed by atoms with van der Waals surface area (Å²) in [6.45, 7) is 5.58. The summed E-state index contributed by atoms with van der Waals surface area (Å²) in [5, 5.41) is 0. The maximum absolute atomic E-state index is 13.2. The Morgan fingerprint density at radius 2 is 1.57 bits per heavy atom. The van der Waals surface area contributed by atoms with Gasteiger partial charge < -0.3 is 14.2 Å². The number of benzene rings is 3. The van der Waals surface area contributed by atoms with Crippen LogP contribution in [-0.4, -0.2) is 18.5 Å². The van der Waals surface area contributed by atoms with Gasteiger partial charge in [0.25, 0.3) is 0 Å². The van der Waals surface area contributed by atoms with Crippen LogP contribution in [0.5, 0.6) is 17.2 Å². The van der Waals surface area contributed by atoms with Crippen molar-refractivity contribution in [3.8, 4) is 28.4 Å². The van der Waals surface area contributed by atoms with Crippen molar-refractivity contribution in [2.75, 3.05) is 6.79 Å². The Morgan fingerprint density at radius 3 is 2.30 bits per heavy atom. The second-order valence-electron chi connectivity index (χ2n) is 8.11. The van der Waals surface area contributed by atoms with Gasteiger partial charge >= 0.3 is 5.97 Å². The maximum Gasteiger partial charge on any atom is 0.316 e. The molecule has 1 aliphatic rings. The molecule has 5 heteroatoms. The molecular formula is C25H22O5. The minimum Gasteiger partial charge on any atom is -0.454 e. The number of carbonyl (C=O) groups is 2. The molecule has 0 atom stereocenters. The molecule has 3 aromatic rings. The highest BCUT2D eigenvalue weighted by Crippen LogP contribution is 2.37. The fourth-order valence-corrected chi connectivity index (χ4v) is 3.09. The fraction of sp³-hybridized carbons (Fsp3) is 0.200. The van der Waals surface area contributed by atoms with Crippen LogP contribution in [0.1, 0.15) is 36.7 Å². The van der Waals surface area contributed by atoms with Crippen LogP contribution in [0.4, 0.5) is 0 Å². The van der Waals surface area contributed by atoms with Crippen LogP contribution in [0.2, 0.25) is 0 Å². The molecule has 0 spiro atoms. The van der Waals surface area contributed by atoms with Crippen molar-refractivity contribution < 1.29 is 23.8 Å². The number of carbonyl (C=O) groups excluding carboxylic acids is 2. The summed E-state index contributed by atoms with van der Waals surface area (Å²) < 4.78 is 16.2. The van der Waals surface area contributed by atoms with Gasteiger partial charge in [-0.1, -0.05) is 30.3 Å². The molecule has 0 aromatic heterocycles. The topological polar surface area (TPSA) is 61.8 Å². The van der Waals surface area contributed by atoms with Crippen molar-refractivity contribution >= 4 is 11.8 Å². The Morgan fingerprint density at radius 1 is 0.867 bits per heavy atom. The molecule has 30 heavy (non-hydrogen) atoms. The van der Waals surface area contributed by atoms with Gasteiger partial charge in [0.15, 0.2) is 17.3 Å². The molecule has 0 bridgehead atoms. The largest absolute Gasteiger partial charge is 0.454 e. The predicted octanol–water partition coefficient (Wildman–Crippen LogP) is 5.26. The van der Waals surface area contributed by atoms with E-state index in [4.69, 9.17) is 14.2 Å². The molecule has 0 N–H and O–H groups in total. The molecular weight excluding hydrogens is 380 g/mol. The zero-order valence-corrected chi connectivity index (χ0v) is 17.1. The van der Waals surface area contributed by atoms with Gasteiger partial charge in [-0.15, -0.1) is 0 Å². The van der Waals surface area contributed by atoms with Gasteiger partial charge in [-0.25, -0.2) is 0 Å². The molecule has 1 heterocycles. The second-order valence-corrected chi connectivity index (χ2v) is 8.11. The Hall–Kier alpha value is -3.60. The molecule has 0 amide bonds. The normalized spacial score (nSPS) is 12.5. The molecule has 0 saturated carbocycles. The number of ketones is 1. The molecule has 5 nitrogen and oxygen atoms in total. The number of hydrogen-bond donors (Lipinski definition) is 0. The van der Waals surface area contributed by atoms with E-state index in [1.54, 1.807) is 51.1 Å². The minimum atomic E-state index is -0.599. The summed E-state index contributed by atoms with van der Waals surface area (Å²) in [7, 11) is 0. The molecule has 0 fully saturated rings. The molecule has 0 saturated heterocycles. The highest BCUT2D eigenvalue weighted by molar-refractivity contribution is 6.13. The molecule has 152 valence electrons. The highest BCUT2D eigenvalue weighted by atomic mass is 16.7. The lowest BCUT2D eigenvalue weighted by atomic mass is 9.93. The standard InChI is InChI=1S/C25H22O5/c1-25(2,3)24(27)30-18-11-8-16(9-12-18)23(26)20-7-5-4-6-19(20)17-10-13-21-22(14-17)29-15-28-21/h4-14H,15H2,1-3H3. The van der Waals surface area contributed by atoms with E-state index in [-0.39, 0.29) is 18.5 Å². The van der Waals surface area contributed by atoms with Crippen molar-refractivity contribution in [3.05, 3.63) is 77.9 Å². The van der Waals surface area contributed by atoms with E-state index in [0.29, 0.717) is 28.4 Å². The van der Waals surface area contributed by atoms with E-state index in [0.717, 1.165) is 11.1 Å². The van der Waals surface area contributed by atoms with Gasteiger partial charge in [0.1, 0.15) is 5.75 Å². The lowest BCUT2D eigenvalue weighted by Crippen LogP contribution is -2.25. The maximum atomic E-state index is 13.2. The van der Waals surface area contributed by atoms with E-state index in [2.05, 4.69) is 0 Å². The first-order valence-corrected chi connectivity index (χ1v) is 9.69. The summed E-state index contributed by atoms with van der Waals surface area (Å²) in [5.41, 5.74) is 2.18. The van der Waals surface area contributed by atoms with Crippen molar-refractivity contribution in [1.82, 2.24) is 0 Å². The SMILES string of the molecule is CC(C)(C)C(=O)Oc1ccc(C(=O)c2ccccc2-c2ccc3c(c2)OCO3)cc1. The smallest absolute Gasteiger partial charge is 0.316 e. The number of fused-ring (bicyclic) bond motifs is 1. The average Bonchev–Trinajstić information content (AvgIpc) is 3.21. The van der Waals surface area contributed by atoms with Crippen LogP contribution < -0.4 is 14.2 Å². The van der Waals surface area contributed by atoms with E-state index >= 15 is 0 Å². The van der Waals surface area contributed by atoms with Crippen molar-refractivity contribution in [3.63, 3.8) is 0 Å². The molecule has 0 radical (unpaired) electrons. The fourth-order valence-electron chi connectivity index (χ4n) is 3.09. The number of ether oxygens (including phenoxy) is 3. The van der Waals surface area contributed by atoms with Crippen LogP contribution in [0.3, 0.4) is 0 Å². The van der Waals surface area contributed by atoms with E-state index in [1.165, 1.54) is 0 Å². The third-order valence-electron chi connectivity index (χ3n) is 4.79. The van der Waals surface area contributed by atoms with Crippen molar-refractivity contribution in [1.29, 1.82) is 0 Å². The van der Waals surface area contributed by atoms with Gasteiger partial charge in [0.2, 0.25) is 6.79 Å². The van der Waals surface area contributed by atoms with Gasteiger partial charge in [0, 0.05) is 11.1 Å². The quantitative estimate of drug-likeness (QED) is 0.338. The third kappa shape index (κ3) is 3.92. The van der Waals surface area contributed by atoms with E-state index in [9.17, 15) is 9.59 Å². The van der Waals surface area contributed by atoms with Crippen LogP contribution in [-0.2, 0) is 4.79 Å². The molecule has 3 aromatic carbocycles. The predicted molar refractivity (Wildman–Crippen MR) is 113 cm³/mol. The van der Waals surface area contributed by atoms with Crippen LogP contribution in [0.25, 0.3) is 11.1 Å². The van der Waals surface area contributed by atoms with Gasteiger partial charge in [0.05, 0.1) is 5.41 Å². The van der Waals surface area contributed by atoms with Crippen LogP contribution in [0, 0.1) is 5.41 Å². The summed E-state index contributed by atoms with van der Waals surface area (Å²) in [6, 6.07) is 19.7. The van der Waals surface area contributed by atoms with Gasteiger partial charge in [-0.05, 0) is 68.3 Å². The minimum absolute atomic E-state index is 0.114. The van der Waals surface area contributed by atoms with Crippen LogP contribution in [0.15, 0.2) is 66.7 Å². The summed E-state index contributed by atoms with van der Waals surface area (Å²) in [6.07, 6.45) is 0. The summed E-state index contributed by atoms with van der Waals surface area (Å²) in [4.78, 5) is 25.3. The van der Waals surface area contributed by atoms with Crippen LogP contribution >= 0.6 is 0 Å². The van der Waals surface area contributed by atoms with Gasteiger partial charge in [-0.2, -0.15) is 0 Å². The second kappa shape index (κ2) is 7.67. The third-order valence-corrected chi connectivity index (χ3v) is 4.79.